The summed E-state index contributed by atoms with van der Waals surface area (Å²) in [5.41, 5.74) is 0.993. The van der Waals surface area contributed by atoms with E-state index < -0.39 is 0 Å². The van der Waals surface area contributed by atoms with Crippen molar-refractivity contribution in [2.24, 2.45) is 0 Å². The Morgan fingerprint density at radius 1 is 1.35 bits per heavy atom. The number of pyridine rings is 1. The van der Waals surface area contributed by atoms with E-state index in [1.54, 1.807) is 6.20 Å². The largest absolute Gasteiger partial charge is 0.382 e. The minimum Gasteiger partial charge on any atom is -0.382 e. The molecule has 0 aliphatic carbocycles. The summed E-state index contributed by atoms with van der Waals surface area (Å²) >= 11 is 5.30. The lowest BCUT2D eigenvalue weighted by molar-refractivity contribution is 0.146. The van der Waals surface area contributed by atoms with Gasteiger partial charge in [-0.3, -0.25) is 4.98 Å². The predicted octanol–water partition coefficient (Wildman–Crippen LogP) is 2.95. The van der Waals surface area contributed by atoms with Gasteiger partial charge < -0.3 is 15.4 Å². The van der Waals surface area contributed by atoms with E-state index in [4.69, 9.17) is 17.0 Å². The standard InChI is InChI=1S/C15H19N3OS/c1-2-19-10-4-8-17-15(20)18-14-6-3-5-12-11-16-9-7-13(12)14/h3,5-7,9,11H,2,4,8,10H2,1H3,(H2,17,18,20). The van der Waals surface area contributed by atoms with Crippen LogP contribution in [0.4, 0.5) is 5.69 Å². The van der Waals surface area contributed by atoms with Gasteiger partial charge in [-0.25, -0.2) is 0 Å². The Balaban J connectivity index is 1.90. The molecule has 5 heteroatoms. The molecule has 4 nitrogen and oxygen atoms in total. The van der Waals surface area contributed by atoms with E-state index in [2.05, 4.69) is 15.6 Å². The van der Waals surface area contributed by atoms with E-state index in [-0.39, 0.29) is 0 Å². The fourth-order valence-electron chi connectivity index (χ4n) is 1.92. The minimum atomic E-state index is 0.630. The van der Waals surface area contributed by atoms with Crippen LogP contribution in [0, 0.1) is 0 Å². The number of thiocarbonyl (C=S) groups is 1. The van der Waals surface area contributed by atoms with Gasteiger partial charge in [0.05, 0.1) is 0 Å². The summed E-state index contributed by atoms with van der Waals surface area (Å²) in [6, 6.07) is 8.02. The van der Waals surface area contributed by atoms with Crippen molar-refractivity contribution in [1.29, 1.82) is 0 Å². The van der Waals surface area contributed by atoms with Crippen molar-refractivity contribution < 1.29 is 4.74 Å². The molecule has 1 heterocycles. The van der Waals surface area contributed by atoms with Crippen LogP contribution in [0.1, 0.15) is 13.3 Å². The van der Waals surface area contributed by atoms with Crippen LogP contribution in [-0.4, -0.2) is 29.9 Å². The molecule has 106 valence electrons. The highest BCUT2D eigenvalue weighted by Crippen LogP contribution is 2.21. The lowest BCUT2D eigenvalue weighted by Crippen LogP contribution is -2.29. The summed E-state index contributed by atoms with van der Waals surface area (Å²) < 4.78 is 5.28. The fraction of sp³-hybridized carbons (Fsp3) is 0.333. The summed E-state index contributed by atoms with van der Waals surface area (Å²) in [4.78, 5) is 4.12. The number of anilines is 1. The molecule has 0 unspecified atom stereocenters. The molecule has 0 saturated heterocycles. The first-order chi connectivity index (χ1) is 9.81. The second-order valence-corrected chi connectivity index (χ2v) is 4.74. The lowest BCUT2D eigenvalue weighted by Gasteiger charge is -2.12. The van der Waals surface area contributed by atoms with E-state index in [0.717, 1.165) is 42.6 Å². The predicted molar refractivity (Wildman–Crippen MR) is 87.1 cm³/mol. The second kappa shape index (κ2) is 7.77. The van der Waals surface area contributed by atoms with E-state index in [1.165, 1.54) is 0 Å². The van der Waals surface area contributed by atoms with Crippen LogP contribution in [0.15, 0.2) is 36.7 Å². The van der Waals surface area contributed by atoms with Crippen molar-refractivity contribution in [3.8, 4) is 0 Å². The summed E-state index contributed by atoms with van der Waals surface area (Å²) in [5, 5.41) is 9.24. The van der Waals surface area contributed by atoms with Gasteiger partial charge in [0.25, 0.3) is 0 Å². The Hall–Kier alpha value is -1.72. The van der Waals surface area contributed by atoms with E-state index in [9.17, 15) is 0 Å². The lowest BCUT2D eigenvalue weighted by atomic mass is 10.1. The molecular weight excluding hydrogens is 270 g/mol. The first-order valence-electron chi connectivity index (χ1n) is 6.76. The average molecular weight is 289 g/mol. The van der Waals surface area contributed by atoms with Crippen LogP contribution in [0.25, 0.3) is 10.8 Å². The van der Waals surface area contributed by atoms with Crippen LogP contribution in [-0.2, 0) is 4.74 Å². The summed E-state index contributed by atoms with van der Waals surface area (Å²) in [7, 11) is 0. The molecule has 0 bridgehead atoms. The third-order valence-corrected chi connectivity index (χ3v) is 3.13. The van der Waals surface area contributed by atoms with Gasteiger partial charge in [0.1, 0.15) is 0 Å². The molecule has 0 atom stereocenters. The van der Waals surface area contributed by atoms with Crippen LogP contribution < -0.4 is 10.6 Å². The Labute approximate surface area is 124 Å². The Morgan fingerprint density at radius 2 is 2.25 bits per heavy atom. The number of nitrogens with zero attached hydrogens (tertiary/aromatic N) is 1. The smallest absolute Gasteiger partial charge is 0.170 e. The van der Waals surface area contributed by atoms with Gasteiger partial charge in [0.2, 0.25) is 0 Å². The number of ether oxygens (including phenoxy) is 1. The number of benzene rings is 1. The summed E-state index contributed by atoms with van der Waals surface area (Å²) in [6.07, 6.45) is 4.57. The molecule has 0 radical (unpaired) electrons. The number of hydrogen-bond acceptors (Lipinski definition) is 3. The quantitative estimate of drug-likeness (QED) is 0.632. The van der Waals surface area contributed by atoms with Gasteiger partial charge in [-0.15, -0.1) is 0 Å². The normalized spacial score (nSPS) is 10.4. The van der Waals surface area contributed by atoms with E-state index in [1.807, 2.05) is 37.4 Å². The van der Waals surface area contributed by atoms with Crippen LogP contribution in [0.2, 0.25) is 0 Å². The Bertz CT molecular complexity index is 569. The third kappa shape index (κ3) is 4.15. The molecule has 1 aromatic carbocycles. The second-order valence-electron chi connectivity index (χ2n) is 4.33. The van der Waals surface area contributed by atoms with Gasteiger partial charge in [0, 0.05) is 48.6 Å². The van der Waals surface area contributed by atoms with Crippen molar-refractivity contribution in [3.63, 3.8) is 0 Å². The number of nitrogens with one attached hydrogen (secondary N) is 2. The number of aromatic nitrogens is 1. The van der Waals surface area contributed by atoms with Crippen LogP contribution >= 0.6 is 12.2 Å². The topological polar surface area (TPSA) is 46.2 Å². The van der Waals surface area contributed by atoms with Crippen molar-refractivity contribution in [1.82, 2.24) is 10.3 Å². The summed E-state index contributed by atoms with van der Waals surface area (Å²) in [5.74, 6) is 0. The highest BCUT2D eigenvalue weighted by atomic mass is 32.1. The highest BCUT2D eigenvalue weighted by Gasteiger charge is 2.02. The zero-order chi connectivity index (χ0) is 14.2. The Kier molecular flexibility index (Phi) is 5.70. The fourth-order valence-corrected chi connectivity index (χ4v) is 2.13. The molecule has 1 aromatic heterocycles. The first-order valence-corrected chi connectivity index (χ1v) is 7.17. The van der Waals surface area contributed by atoms with Crippen molar-refractivity contribution in [2.75, 3.05) is 25.1 Å². The Morgan fingerprint density at radius 3 is 3.10 bits per heavy atom. The molecule has 0 aliphatic heterocycles. The summed E-state index contributed by atoms with van der Waals surface area (Å²) in [6.45, 7) is 4.31. The average Bonchev–Trinajstić information content (AvgIpc) is 2.47. The van der Waals surface area contributed by atoms with Crippen molar-refractivity contribution in [2.45, 2.75) is 13.3 Å². The van der Waals surface area contributed by atoms with Gasteiger partial charge in [-0.1, -0.05) is 12.1 Å². The molecule has 2 aromatic rings. The van der Waals surface area contributed by atoms with Gasteiger partial charge in [-0.2, -0.15) is 0 Å². The highest BCUT2D eigenvalue weighted by molar-refractivity contribution is 7.80. The van der Waals surface area contributed by atoms with Gasteiger partial charge in [0.15, 0.2) is 5.11 Å². The van der Waals surface area contributed by atoms with E-state index >= 15 is 0 Å². The van der Waals surface area contributed by atoms with Crippen LogP contribution in [0.5, 0.6) is 0 Å². The van der Waals surface area contributed by atoms with Crippen molar-refractivity contribution in [3.05, 3.63) is 36.7 Å². The molecule has 0 spiro atoms. The molecule has 0 amide bonds. The molecule has 0 aliphatic rings. The maximum absolute atomic E-state index is 5.30. The van der Waals surface area contributed by atoms with E-state index in [0.29, 0.717) is 5.11 Å². The molecule has 20 heavy (non-hydrogen) atoms. The SMILES string of the molecule is CCOCCCNC(=S)Nc1cccc2cnccc12. The van der Waals surface area contributed by atoms with Gasteiger partial charge in [-0.05, 0) is 37.7 Å². The zero-order valence-corrected chi connectivity index (χ0v) is 12.4. The van der Waals surface area contributed by atoms with Crippen molar-refractivity contribution >= 4 is 33.8 Å². The molecule has 0 fully saturated rings. The maximum atomic E-state index is 5.30. The van der Waals surface area contributed by atoms with Crippen LogP contribution in [0.3, 0.4) is 0 Å². The molecule has 2 rings (SSSR count). The third-order valence-electron chi connectivity index (χ3n) is 2.88. The van der Waals surface area contributed by atoms with Gasteiger partial charge >= 0.3 is 0 Å². The maximum Gasteiger partial charge on any atom is 0.170 e. The zero-order valence-electron chi connectivity index (χ0n) is 11.6. The molecular formula is C15H19N3OS. The first kappa shape index (κ1) is 14.7. The number of fused-ring (bicyclic) bond motifs is 1. The monoisotopic (exact) mass is 289 g/mol. The number of rotatable bonds is 6. The molecule has 0 saturated carbocycles. The minimum absolute atomic E-state index is 0.630. The number of hydrogen-bond donors (Lipinski definition) is 2. The molecule has 2 N–H and O–H groups in total.